The number of hydrogen-bond donors (Lipinski definition) is 5. The van der Waals surface area contributed by atoms with Gasteiger partial charge in [0.25, 0.3) is 0 Å². The summed E-state index contributed by atoms with van der Waals surface area (Å²) in [5, 5.41) is 18.4. The van der Waals surface area contributed by atoms with Crippen LogP contribution in [0.2, 0.25) is 0 Å². The van der Waals surface area contributed by atoms with E-state index < -0.39 is 55.5 Å². The van der Waals surface area contributed by atoms with Crippen LogP contribution < -0.4 is 21.3 Å². The third kappa shape index (κ3) is 8.88. The van der Waals surface area contributed by atoms with Crippen molar-refractivity contribution in [2.24, 2.45) is 0 Å². The lowest BCUT2D eigenvalue weighted by Crippen LogP contribution is -2.51. The lowest BCUT2D eigenvalue weighted by molar-refractivity contribution is -0.143. The molecule has 3 aromatic rings. The molecule has 0 heterocycles. The van der Waals surface area contributed by atoms with E-state index in [9.17, 15) is 24.0 Å². The summed E-state index contributed by atoms with van der Waals surface area (Å²) in [5.41, 5.74) is 5.09. The Morgan fingerprint density at radius 1 is 0.744 bits per heavy atom. The quantitative estimate of drug-likeness (QED) is 0.139. The lowest BCUT2D eigenvalue weighted by atomic mass is 9.98. The van der Waals surface area contributed by atoms with Crippen LogP contribution in [0.3, 0.4) is 0 Å². The molecule has 4 rings (SSSR count). The number of benzene rings is 3. The molecular weight excluding hydrogens is 556 g/mol. The van der Waals surface area contributed by atoms with Gasteiger partial charge in [-0.15, -0.1) is 0 Å². The van der Waals surface area contributed by atoms with Crippen LogP contribution in [0.1, 0.15) is 22.6 Å². The molecule has 0 fully saturated rings. The Bertz CT molecular complexity index is 1420. The zero-order chi connectivity index (χ0) is 30.6. The molecule has 12 nitrogen and oxygen atoms in total. The first kappa shape index (κ1) is 30.7. The van der Waals surface area contributed by atoms with Crippen LogP contribution in [0.4, 0.5) is 4.79 Å². The molecule has 0 aliphatic heterocycles. The van der Waals surface area contributed by atoms with E-state index in [-0.39, 0.29) is 25.7 Å². The molecule has 4 amide bonds. The Morgan fingerprint density at radius 3 is 2.00 bits per heavy atom. The fourth-order valence-electron chi connectivity index (χ4n) is 4.73. The summed E-state index contributed by atoms with van der Waals surface area (Å²) in [4.78, 5) is 60.4. The molecule has 0 saturated heterocycles. The van der Waals surface area contributed by atoms with Crippen molar-refractivity contribution in [1.29, 1.82) is 0 Å². The highest BCUT2D eigenvalue weighted by molar-refractivity contribution is 5.91. The molecule has 1 unspecified atom stereocenters. The minimum Gasteiger partial charge on any atom is -0.480 e. The van der Waals surface area contributed by atoms with Gasteiger partial charge in [-0.1, -0.05) is 78.9 Å². The first-order valence-electron chi connectivity index (χ1n) is 13.6. The largest absolute Gasteiger partial charge is 0.480 e. The molecule has 3 aromatic carbocycles. The number of carbonyl (C=O) groups excluding carboxylic acids is 4. The van der Waals surface area contributed by atoms with Crippen LogP contribution in [-0.4, -0.2) is 74.0 Å². The number of fused-ring (bicyclic) bond motifs is 3. The van der Waals surface area contributed by atoms with Crippen molar-refractivity contribution < 1.29 is 38.6 Å². The van der Waals surface area contributed by atoms with Gasteiger partial charge in [0, 0.05) is 12.3 Å². The van der Waals surface area contributed by atoms with Crippen molar-refractivity contribution in [3.63, 3.8) is 0 Å². The molecule has 0 bridgehead atoms. The molecule has 12 heteroatoms. The number of rotatable bonds is 14. The fourth-order valence-corrected chi connectivity index (χ4v) is 4.73. The van der Waals surface area contributed by atoms with E-state index in [1.807, 2.05) is 54.6 Å². The van der Waals surface area contributed by atoms with Crippen molar-refractivity contribution in [2.45, 2.75) is 18.4 Å². The highest BCUT2D eigenvalue weighted by atomic mass is 16.5. The summed E-state index contributed by atoms with van der Waals surface area (Å²) in [7, 11) is 0. The fraction of sp³-hybridized carbons (Fsp3) is 0.258. The van der Waals surface area contributed by atoms with Crippen LogP contribution in [-0.2, 0) is 35.1 Å². The third-order valence-electron chi connectivity index (χ3n) is 6.69. The molecule has 1 atom stereocenters. The number of aliphatic carboxylic acids is 1. The van der Waals surface area contributed by atoms with Gasteiger partial charge in [-0.3, -0.25) is 14.4 Å². The van der Waals surface area contributed by atoms with E-state index in [4.69, 9.17) is 14.6 Å². The first-order chi connectivity index (χ1) is 20.8. The monoisotopic (exact) mass is 588 g/mol. The summed E-state index contributed by atoms with van der Waals surface area (Å²) in [5.74, 6) is -3.18. The number of carboxylic acid groups (broad SMARTS) is 1. The minimum absolute atomic E-state index is 0.0934. The summed E-state index contributed by atoms with van der Waals surface area (Å²) >= 11 is 0. The Kier molecular flexibility index (Phi) is 10.8. The number of hydrogen-bond acceptors (Lipinski definition) is 7. The number of carbonyl (C=O) groups is 5. The highest BCUT2D eigenvalue weighted by Crippen LogP contribution is 2.44. The topological polar surface area (TPSA) is 172 Å². The van der Waals surface area contributed by atoms with Gasteiger partial charge in [-0.2, -0.15) is 0 Å². The number of nitrogens with one attached hydrogen (secondary N) is 4. The maximum absolute atomic E-state index is 12.6. The Hall–Kier alpha value is -5.23. The summed E-state index contributed by atoms with van der Waals surface area (Å²) in [6.07, 6.45) is -0.625. The van der Waals surface area contributed by atoms with Gasteiger partial charge in [0.15, 0.2) is 0 Å². The first-order valence-corrected chi connectivity index (χ1v) is 13.6. The lowest BCUT2D eigenvalue weighted by Gasteiger charge is -2.19. The molecule has 5 N–H and O–H groups in total. The predicted molar refractivity (Wildman–Crippen MR) is 155 cm³/mol. The predicted octanol–water partition coefficient (Wildman–Crippen LogP) is 1.54. The van der Waals surface area contributed by atoms with Crippen molar-refractivity contribution in [1.82, 2.24) is 21.3 Å². The second-order valence-corrected chi connectivity index (χ2v) is 9.69. The van der Waals surface area contributed by atoms with Crippen LogP contribution in [0, 0.1) is 0 Å². The molecule has 0 spiro atoms. The summed E-state index contributed by atoms with van der Waals surface area (Å²) in [6, 6.07) is 23.8. The van der Waals surface area contributed by atoms with E-state index in [2.05, 4.69) is 21.3 Å². The number of carboxylic acids is 1. The molecule has 0 saturated carbocycles. The zero-order valence-corrected chi connectivity index (χ0v) is 23.2. The second-order valence-electron chi connectivity index (χ2n) is 9.69. The molecule has 0 aromatic heterocycles. The van der Waals surface area contributed by atoms with Crippen LogP contribution in [0.25, 0.3) is 11.1 Å². The van der Waals surface area contributed by atoms with Gasteiger partial charge >= 0.3 is 12.1 Å². The van der Waals surface area contributed by atoms with Crippen molar-refractivity contribution in [2.75, 3.05) is 33.0 Å². The number of ether oxygens (including phenoxy) is 2. The standard InChI is InChI=1S/C31H32N4O8/c36-27(15-33-31(41)43-17-25-23-12-6-4-10-21(23)22-11-5-7-13-24(22)25)32-16-28(37)35-26(14-20-8-2-1-3-9-20)30(40)34-19-42-18-29(38)39/h1-13,25-26H,14-19H2,(H,32,36)(H,33,41)(H,34,40)(H,35,37)(H,38,39). The SMILES string of the molecule is O=C(O)COCNC(=O)C(Cc1ccccc1)NC(=O)CNC(=O)CNC(=O)OCC1c2ccccc2-c2ccccc21. The van der Waals surface area contributed by atoms with Crippen molar-refractivity contribution in [3.05, 3.63) is 95.6 Å². The van der Waals surface area contributed by atoms with E-state index in [1.165, 1.54) is 0 Å². The van der Waals surface area contributed by atoms with Crippen LogP contribution >= 0.6 is 0 Å². The molecule has 224 valence electrons. The minimum atomic E-state index is -1.19. The van der Waals surface area contributed by atoms with Gasteiger partial charge < -0.3 is 35.8 Å². The Labute approximate surface area is 247 Å². The maximum atomic E-state index is 12.6. The van der Waals surface area contributed by atoms with Gasteiger partial charge in [-0.25, -0.2) is 9.59 Å². The van der Waals surface area contributed by atoms with E-state index in [0.29, 0.717) is 0 Å². The molecule has 1 aliphatic carbocycles. The van der Waals surface area contributed by atoms with Crippen molar-refractivity contribution in [3.8, 4) is 11.1 Å². The third-order valence-corrected chi connectivity index (χ3v) is 6.69. The van der Waals surface area contributed by atoms with Gasteiger partial charge in [0.1, 0.15) is 32.5 Å². The van der Waals surface area contributed by atoms with Crippen molar-refractivity contribution >= 4 is 29.8 Å². The maximum Gasteiger partial charge on any atom is 0.407 e. The summed E-state index contributed by atoms with van der Waals surface area (Å²) in [6.45, 7) is -1.72. The molecular formula is C31H32N4O8. The average Bonchev–Trinajstić information content (AvgIpc) is 3.33. The van der Waals surface area contributed by atoms with E-state index in [0.717, 1.165) is 27.8 Å². The smallest absolute Gasteiger partial charge is 0.407 e. The van der Waals surface area contributed by atoms with Gasteiger partial charge in [0.05, 0.1) is 6.54 Å². The second kappa shape index (κ2) is 15.1. The summed E-state index contributed by atoms with van der Waals surface area (Å²) < 4.78 is 10.2. The van der Waals surface area contributed by atoms with E-state index >= 15 is 0 Å². The van der Waals surface area contributed by atoms with Gasteiger partial charge in [-0.05, 0) is 27.8 Å². The average molecular weight is 589 g/mol. The number of alkyl carbamates (subject to hydrolysis) is 1. The Balaban J connectivity index is 1.21. The number of amides is 4. The van der Waals surface area contributed by atoms with Crippen LogP contribution in [0.5, 0.6) is 0 Å². The normalized spacial score (nSPS) is 12.3. The Morgan fingerprint density at radius 2 is 1.35 bits per heavy atom. The zero-order valence-electron chi connectivity index (χ0n) is 23.2. The molecule has 1 aliphatic rings. The molecule has 0 radical (unpaired) electrons. The molecule has 43 heavy (non-hydrogen) atoms. The van der Waals surface area contributed by atoms with Gasteiger partial charge in [0.2, 0.25) is 17.7 Å². The van der Waals surface area contributed by atoms with Crippen LogP contribution in [0.15, 0.2) is 78.9 Å². The highest BCUT2D eigenvalue weighted by Gasteiger charge is 2.29. The van der Waals surface area contributed by atoms with E-state index in [1.54, 1.807) is 24.3 Å².